The molecule has 0 saturated carbocycles. The van der Waals surface area contributed by atoms with Gasteiger partial charge in [0.2, 0.25) is 5.11 Å². The van der Waals surface area contributed by atoms with Crippen molar-refractivity contribution in [2.75, 3.05) is 5.32 Å². The summed E-state index contributed by atoms with van der Waals surface area (Å²) in [6.07, 6.45) is 0. The number of nitrogens with zero attached hydrogens (tertiary/aromatic N) is 3. The number of thiocarbonyl (C=S) groups is 1. The van der Waals surface area contributed by atoms with Crippen LogP contribution in [0.15, 0.2) is 37.9 Å². The van der Waals surface area contributed by atoms with Crippen LogP contribution >= 0.6 is 28.1 Å². The zero-order chi connectivity index (χ0) is 10.4. The third kappa shape index (κ3) is 1.40. The standard InChI is InChI=1S/C9H5BrN4S/c10-4-1-2-6-5(3-4)7-8(11-6)12-9(15)14-13-7/h1-3,7H,(H,11,12,15). The van der Waals surface area contributed by atoms with Gasteiger partial charge in [-0.1, -0.05) is 15.9 Å². The SMILES string of the molecule is S=C1N=NC2C(=N1)Nc1ccc(Br)cc12. The first kappa shape index (κ1) is 9.11. The summed E-state index contributed by atoms with van der Waals surface area (Å²) in [7, 11) is 0. The lowest BCUT2D eigenvalue weighted by Gasteiger charge is -2.08. The fourth-order valence-corrected chi connectivity index (χ4v) is 2.19. The molecule has 0 fully saturated rings. The Kier molecular flexibility index (Phi) is 1.93. The zero-order valence-corrected chi connectivity index (χ0v) is 9.84. The minimum absolute atomic E-state index is 0.121. The summed E-state index contributed by atoms with van der Waals surface area (Å²) >= 11 is 8.30. The predicted octanol–water partition coefficient (Wildman–Crippen LogP) is 3.06. The van der Waals surface area contributed by atoms with Crippen molar-refractivity contribution < 1.29 is 0 Å². The van der Waals surface area contributed by atoms with Crippen LogP contribution in [0.4, 0.5) is 5.69 Å². The van der Waals surface area contributed by atoms with Crippen molar-refractivity contribution in [2.45, 2.75) is 6.04 Å². The molecular formula is C9H5BrN4S. The molecule has 2 aliphatic rings. The molecule has 0 radical (unpaired) electrons. The number of fused-ring (bicyclic) bond motifs is 3. The lowest BCUT2D eigenvalue weighted by Crippen LogP contribution is -2.15. The van der Waals surface area contributed by atoms with Gasteiger partial charge in [-0.15, -0.1) is 5.11 Å². The van der Waals surface area contributed by atoms with Crippen LogP contribution in [0.25, 0.3) is 0 Å². The van der Waals surface area contributed by atoms with Crippen LogP contribution in [-0.4, -0.2) is 10.9 Å². The van der Waals surface area contributed by atoms with Crippen molar-refractivity contribution in [1.82, 2.24) is 0 Å². The normalized spacial score (nSPS) is 21.8. The van der Waals surface area contributed by atoms with Gasteiger partial charge in [0.1, 0.15) is 5.84 Å². The number of amidine groups is 1. The topological polar surface area (TPSA) is 49.1 Å². The number of azo groups is 1. The number of aliphatic imine (C=N–C) groups is 1. The average Bonchev–Trinajstić information content (AvgIpc) is 2.54. The van der Waals surface area contributed by atoms with Gasteiger partial charge in [0.15, 0.2) is 6.04 Å². The number of hydrogen-bond acceptors (Lipinski definition) is 3. The van der Waals surface area contributed by atoms with Crippen molar-refractivity contribution in [3.8, 4) is 0 Å². The first-order chi connectivity index (χ1) is 7.24. The van der Waals surface area contributed by atoms with Crippen molar-refractivity contribution in [2.24, 2.45) is 15.2 Å². The second kappa shape index (κ2) is 3.18. The maximum atomic E-state index is 4.87. The Labute approximate surface area is 99.6 Å². The van der Waals surface area contributed by atoms with E-state index < -0.39 is 0 Å². The predicted molar refractivity (Wildman–Crippen MR) is 65.4 cm³/mol. The molecule has 74 valence electrons. The van der Waals surface area contributed by atoms with Crippen LogP contribution in [-0.2, 0) is 0 Å². The fraction of sp³-hybridized carbons (Fsp3) is 0.111. The highest BCUT2D eigenvalue weighted by Crippen LogP contribution is 2.37. The number of hydrogen-bond donors (Lipinski definition) is 1. The average molecular weight is 281 g/mol. The van der Waals surface area contributed by atoms with E-state index in [4.69, 9.17) is 12.2 Å². The molecular weight excluding hydrogens is 276 g/mol. The third-order valence-electron chi connectivity index (χ3n) is 2.30. The second-order valence-corrected chi connectivity index (χ2v) is 4.54. The number of benzene rings is 1. The van der Waals surface area contributed by atoms with Crippen LogP contribution < -0.4 is 5.32 Å². The summed E-state index contributed by atoms with van der Waals surface area (Å²) in [5, 5.41) is 11.4. The lowest BCUT2D eigenvalue weighted by molar-refractivity contribution is 0.892. The summed E-state index contributed by atoms with van der Waals surface area (Å²) < 4.78 is 1.02. The van der Waals surface area contributed by atoms with E-state index in [-0.39, 0.29) is 11.2 Å². The lowest BCUT2D eigenvalue weighted by atomic mass is 10.1. The molecule has 2 heterocycles. The molecule has 1 atom stereocenters. The summed E-state index contributed by atoms with van der Waals surface area (Å²) in [5.41, 5.74) is 2.10. The van der Waals surface area contributed by atoms with E-state index in [0.29, 0.717) is 0 Å². The van der Waals surface area contributed by atoms with Gasteiger partial charge in [0.05, 0.1) is 0 Å². The highest BCUT2D eigenvalue weighted by molar-refractivity contribution is 9.10. The fourth-order valence-electron chi connectivity index (χ4n) is 1.67. The molecule has 6 heteroatoms. The van der Waals surface area contributed by atoms with Crippen LogP contribution in [0.5, 0.6) is 0 Å². The second-order valence-electron chi connectivity index (χ2n) is 3.25. The summed E-state index contributed by atoms with van der Waals surface area (Å²) in [6, 6.07) is 5.85. The van der Waals surface area contributed by atoms with Gasteiger partial charge in [-0.3, -0.25) is 0 Å². The summed E-state index contributed by atoms with van der Waals surface area (Å²) in [6.45, 7) is 0. The Morgan fingerprint density at radius 2 is 2.27 bits per heavy atom. The molecule has 1 aromatic carbocycles. The van der Waals surface area contributed by atoms with E-state index in [9.17, 15) is 0 Å². The molecule has 0 spiro atoms. The molecule has 1 aromatic rings. The van der Waals surface area contributed by atoms with E-state index >= 15 is 0 Å². The van der Waals surface area contributed by atoms with E-state index in [2.05, 4.69) is 36.5 Å². The van der Waals surface area contributed by atoms with Crippen LogP contribution in [0.1, 0.15) is 11.6 Å². The third-order valence-corrected chi connectivity index (χ3v) is 2.97. The van der Waals surface area contributed by atoms with E-state index in [1.165, 1.54) is 0 Å². The van der Waals surface area contributed by atoms with Crippen LogP contribution in [0.2, 0.25) is 0 Å². The number of nitrogens with one attached hydrogen (secondary N) is 1. The van der Waals surface area contributed by atoms with E-state index in [1.54, 1.807) is 0 Å². The number of rotatable bonds is 0. The van der Waals surface area contributed by atoms with Crippen LogP contribution in [0, 0.1) is 0 Å². The first-order valence-electron chi connectivity index (χ1n) is 4.34. The Bertz CT molecular complexity index is 523. The Morgan fingerprint density at radius 3 is 3.13 bits per heavy atom. The van der Waals surface area contributed by atoms with Gasteiger partial charge in [-0.25, -0.2) is 4.99 Å². The van der Waals surface area contributed by atoms with Crippen LogP contribution in [0.3, 0.4) is 0 Å². The smallest absolute Gasteiger partial charge is 0.241 e. The Hall–Kier alpha value is -1.14. The first-order valence-corrected chi connectivity index (χ1v) is 5.54. The minimum atomic E-state index is -0.121. The van der Waals surface area contributed by atoms with E-state index in [1.807, 2.05) is 18.2 Å². The van der Waals surface area contributed by atoms with Gasteiger partial charge in [0, 0.05) is 15.7 Å². The minimum Gasteiger partial charge on any atom is -0.341 e. The molecule has 4 nitrogen and oxygen atoms in total. The molecule has 0 amide bonds. The maximum Gasteiger partial charge on any atom is 0.241 e. The molecule has 1 unspecified atom stereocenters. The molecule has 3 rings (SSSR count). The molecule has 0 bridgehead atoms. The maximum absolute atomic E-state index is 4.87. The molecule has 15 heavy (non-hydrogen) atoms. The molecule has 0 aliphatic carbocycles. The van der Waals surface area contributed by atoms with Crippen molar-refractivity contribution in [3.63, 3.8) is 0 Å². The zero-order valence-electron chi connectivity index (χ0n) is 7.44. The molecule has 0 saturated heterocycles. The summed E-state index contributed by atoms with van der Waals surface area (Å²) in [4.78, 5) is 4.15. The van der Waals surface area contributed by atoms with Gasteiger partial charge in [0.25, 0.3) is 0 Å². The van der Waals surface area contributed by atoms with Gasteiger partial charge in [-0.2, -0.15) is 5.11 Å². The quantitative estimate of drug-likeness (QED) is 0.743. The van der Waals surface area contributed by atoms with Crippen molar-refractivity contribution >= 4 is 44.8 Å². The van der Waals surface area contributed by atoms with Gasteiger partial charge < -0.3 is 5.32 Å². The monoisotopic (exact) mass is 280 g/mol. The van der Waals surface area contributed by atoms with Gasteiger partial charge >= 0.3 is 0 Å². The van der Waals surface area contributed by atoms with Crippen molar-refractivity contribution in [3.05, 3.63) is 28.2 Å². The number of anilines is 1. The van der Waals surface area contributed by atoms with Crippen molar-refractivity contribution in [1.29, 1.82) is 0 Å². The van der Waals surface area contributed by atoms with Gasteiger partial charge in [-0.05, 0) is 30.4 Å². The highest BCUT2D eigenvalue weighted by atomic mass is 79.9. The Morgan fingerprint density at radius 1 is 1.40 bits per heavy atom. The molecule has 0 aromatic heterocycles. The Balaban J connectivity index is 2.15. The summed E-state index contributed by atoms with van der Waals surface area (Å²) in [5.74, 6) is 0.767. The molecule has 2 aliphatic heterocycles. The highest BCUT2D eigenvalue weighted by Gasteiger charge is 2.31. The largest absolute Gasteiger partial charge is 0.341 e. The molecule has 1 N–H and O–H groups in total. The number of halogens is 1. The van der Waals surface area contributed by atoms with E-state index in [0.717, 1.165) is 21.6 Å².